The van der Waals surface area contributed by atoms with Crippen molar-refractivity contribution < 1.29 is 4.42 Å². The van der Waals surface area contributed by atoms with Gasteiger partial charge in [-0.25, -0.2) is 4.79 Å². The van der Waals surface area contributed by atoms with Crippen LogP contribution in [0, 0.1) is 0 Å². The van der Waals surface area contributed by atoms with Gasteiger partial charge in [0.15, 0.2) is 5.58 Å². The maximum absolute atomic E-state index is 10.9. The van der Waals surface area contributed by atoms with Crippen molar-refractivity contribution in [3.05, 3.63) is 29.0 Å². The molecule has 0 bridgehead atoms. The average molecular weight is 150 g/mol. The molecule has 0 saturated heterocycles. The lowest BCUT2D eigenvalue weighted by molar-refractivity contribution is 0.527. The molecule has 2 heterocycles. The van der Waals surface area contributed by atoms with Crippen molar-refractivity contribution in [1.82, 2.24) is 9.55 Å². The Labute approximate surface area is 62.1 Å². The van der Waals surface area contributed by atoms with Crippen LogP contribution >= 0.6 is 0 Å². The van der Waals surface area contributed by atoms with Crippen LogP contribution in [0.5, 0.6) is 0 Å². The Morgan fingerprint density at radius 2 is 2.45 bits per heavy atom. The molecule has 0 amide bonds. The van der Waals surface area contributed by atoms with Crippen LogP contribution in [0.25, 0.3) is 11.1 Å². The summed E-state index contributed by atoms with van der Waals surface area (Å²) in [4.78, 5) is 14.7. The van der Waals surface area contributed by atoms with E-state index in [2.05, 4.69) is 4.98 Å². The summed E-state index contributed by atoms with van der Waals surface area (Å²) in [5, 5.41) is 0. The summed E-state index contributed by atoms with van der Waals surface area (Å²) >= 11 is 0. The number of pyridine rings is 1. The minimum atomic E-state index is -0.354. The van der Waals surface area contributed by atoms with Gasteiger partial charge in [0.25, 0.3) is 0 Å². The Bertz CT molecular complexity index is 441. The number of aromatic nitrogens is 2. The van der Waals surface area contributed by atoms with Gasteiger partial charge in [-0.05, 0) is 6.07 Å². The van der Waals surface area contributed by atoms with Gasteiger partial charge in [-0.3, -0.25) is 9.55 Å². The van der Waals surface area contributed by atoms with Gasteiger partial charge in [-0.1, -0.05) is 0 Å². The summed E-state index contributed by atoms with van der Waals surface area (Å²) in [5.41, 5.74) is 1.30. The first-order valence-corrected chi connectivity index (χ1v) is 3.18. The summed E-state index contributed by atoms with van der Waals surface area (Å²) in [6.07, 6.45) is 3.15. The molecule has 0 aliphatic heterocycles. The van der Waals surface area contributed by atoms with Crippen LogP contribution in [0.1, 0.15) is 0 Å². The van der Waals surface area contributed by atoms with E-state index in [0.29, 0.717) is 5.58 Å². The maximum Gasteiger partial charge on any atom is 0.419 e. The van der Waals surface area contributed by atoms with E-state index in [9.17, 15) is 4.79 Å². The summed E-state index contributed by atoms with van der Waals surface area (Å²) in [6, 6.07) is 1.74. The van der Waals surface area contributed by atoms with E-state index >= 15 is 0 Å². The Morgan fingerprint density at radius 3 is 3.18 bits per heavy atom. The molecule has 2 aromatic heterocycles. The van der Waals surface area contributed by atoms with Gasteiger partial charge in [0.1, 0.15) is 0 Å². The van der Waals surface area contributed by atoms with Gasteiger partial charge >= 0.3 is 5.76 Å². The highest BCUT2D eigenvalue weighted by Gasteiger charge is 2.02. The molecule has 0 aliphatic carbocycles. The second kappa shape index (κ2) is 1.95. The lowest BCUT2D eigenvalue weighted by atomic mass is 10.4. The van der Waals surface area contributed by atoms with E-state index in [1.165, 1.54) is 10.8 Å². The van der Waals surface area contributed by atoms with Crippen LogP contribution in [-0.4, -0.2) is 9.55 Å². The first kappa shape index (κ1) is 6.15. The molecule has 0 aromatic carbocycles. The summed E-state index contributed by atoms with van der Waals surface area (Å²) < 4.78 is 6.29. The fraction of sp³-hybridized carbons (Fsp3) is 0.143. The minimum Gasteiger partial charge on any atom is -0.406 e. The Hall–Kier alpha value is -1.58. The summed E-state index contributed by atoms with van der Waals surface area (Å²) in [5.74, 6) is -0.354. The fourth-order valence-corrected chi connectivity index (χ4v) is 0.989. The molecule has 4 nitrogen and oxygen atoms in total. The maximum atomic E-state index is 10.9. The summed E-state index contributed by atoms with van der Waals surface area (Å²) in [6.45, 7) is 0. The van der Waals surface area contributed by atoms with Gasteiger partial charge in [-0.2, -0.15) is 0 Å². The van der Waals surface area contributed by atoms with E-state index in [4.69, 9.17) is 4.42 Å². The van der Waals surface area contributed by atoms with Gasteiger partial charge in [0, 0.05) is 13.2 Å². The highest BCUT2D eigenvalue weighted by molar-refractivity contribution is 5.70. The predicted octanol–water partition coefficient (Wildman–Crippen LogP) is 0.526. The molecule has 4 heteroatoms. The van der Waals surface area contributed by atoms with Gasteiger partial charge in [0.05, 0.1) is 11.7 Å². The molecule has 11 heavy (non-hydrogen) atoms. The Kier molecular flexibility index (Phi) is 1.09. The van der Waals surface area contributed by atoms with Crippen molar-refractivity contribution in [3.8, 4) is 0 Å². The molecule has 2 aromatic rings. The van der Waals surface area contributed by atoms with Gasteiger partial charge in [-0.15, -0.1) is 0 Å². The van der Waals surface area contributed by atoms with Gasteiger partial charge < -0.3 is 4.42 Å². The van der Waals surface area contributed by atoms with Crippen LogP contribution in [-0.2, 0) is 7.05 Å². The molecular formula is C7H6N2O2. The van der Waals surface area contributed by atoms with Crippen molar-refractivity contribution in [2.24, 2.45) is 7.05 Å². The number of oxazole rings is 1. The van der Waals surface area contributed by atoms with Crippen LogP contribution in [0.4, 0.5) is 0 Å². The number of aryl methyl sites for hydroxylation is 1. The summed E-state index contributed by atoms with van der Waals surface area (Å²) in [7, 11) is 1.66. The third kappa shape index (κ3) is 0.756. The SMILES string of the molecule is Cn1c(=O)oc2cnccc21. The highest BCUT2D eigenvalue weighted by Crippen LogP contribution is 2.07. The number of hydrogen-bond donors (Lipinski definition) is 0. The van der Waals surface area contributed by atoms with Crippen molar-refractivity contribution in [2.45, 2.75) is 0 Å². The quantitative estimate of drug-likeness (QED) is 0.550. The molecule has 0 atom stereocenters. The van der Waals surface area contributed by atoms with Crippen molar-refractivity contribution in [2.75, 3.05) is 0 Å². The molecule has 0 radical (unpaired) electrons. The highest BCUT2D eigenvalue weighted by atomic mass is 16.4. The zero-order chi connectivity index (χ0) is 7.84. The molecule has 0 fully saturated rings. The molecule has 2 rings (SSSR count). The zero-order valence-electron chi connectivity index (χ0n) is 5.94. The lowest BCUT2D eigenvalue weighted by Gasteiger charge is -1.86. The third-order valence-electron chi connectivity index (χ3n) is 1.60. The van der Waals surface area contributed by atoms with Crippen molar-refractivity contribution >= 4 is 11.1 Å². The second-order valence-electron chi connectivity index (χ2n) is 2.27. The smallest absolute Gasteiger partial charge is 0.406 e. The standard InChI is InChI=1S/C7H6N2O2/c1-9-5-2-3-8-4-6(5)11-7(9)10/h2-4H,1H3. The van der Waals surface area contributed by atoms with Crippen LogP contribution in [0.15, 0.2) is 27.7 Å². The first-order valence-electron chi connectivity index (χ1n) is 3.18. The number of rotatable bonds is 0. The predicted molar refractivity (Wildman–Crippen MR) is 39.3 cm³/mol. The molecule has 0 aliphatic rings. The van der Waals surface area contributed by atoms with E-state index in [0.717, 1.165) is 5.52 Å². The van der Waals surface area contributed by atoms with Crippen molar-refractivity contribution in [1.29, 1.82) is 0 Å². The Balaban J connectivity index is 3.04. The second-order valence-corrected chi connectivity index (χ2v) is 2.27. The molecule has 0 unspecified atom stereocenters. The average Bonchev–Trinajstić information content (AvgIpc) is 2.30. The van der Waals surface area contributed by atoms with Gasteiger partial charge in [0.2, 0.25) is 0 Å². The lowest BCUT2D eigenvalue weighted by Crippen LogP contribution is -2.08. The largest absolute Gasteiger partial charge is 0.419 e. The zero-order valence-corrected chi connectivity index (χ0v) is 5.94. The van der Waals surface area contributed by atoms with Crippen LogP contribution in [0.3, 0.4) is 0 Å². The minimum absolute atomic E-state index is 0.354. The molecule has 0 spiro atoms. The van der Waals surface area contributed by atoms with Crippen LogP contribution < -0.4 is 5.76 Å². The van der Waals surface area contributed by atoms with Crippen molar-refractivity contribution in [3.63, 3.8) is 0 Å². The molecule has 56 valence electrons. The molecule has 0 saturated carbocycles. The van der Waals surface area contributed by atoms with E-state index < -0.39 is 0 Å². The van der Waals surface area contributed by atoms with E-state index in [-0.39, 0.29) is 5.76 Å². The van der Waals surface area contributed by atoms with E-state index in [1.54, 1.807) is 19.3 Å². The topological polar surface area (TPSA) is 48.0 Å². The first-order chi connectivity index (χ1) is 5.29. The monoisotopic (exact) mass is 150 g/mol. The number of nitrogens with zero attached hydrogens (tertiary/aromatic N) is 2. The van der Waals surface area contributed by atoms with E-state index in [1.807, 2.05) is 0 Å². The third-order valence-corrected chi connectivity index (χ3v) is 1.60. The fourth-order valence-electron chi connectivity index (χ4n) is 0.989. The Morgan fingerprint density at radius 1 is 1.64 bits per heavy atom. The van der Waals surface area contributed by atoms with Crippen LogP contribution in [0.2, 0.25) is 0 Å². The molecule has 0 N–H and O–H groups in total. The normalized spacial score (nSPS) is 10.6. The number of hydrogen-bond acceptors (Lipinski definition) is 3. The number of fused-ring (bicyclic) bond motifs is 1. The molecular weight excluding hydrogens is 144 g/mol.